The molecule has 0 amide bonds. The van der Waals surface area contributed by atoms with Gasteiger partial charge in [-0.15, -0.1) is 0 Å². The van der Waals surface area contributed by atoms with Gasteiger partial charge < -0.3 is 15.4 Å². The van der Waals surface area contributed by atoms with Crippen LogP contribution in [-0.4, -0.2) is 38.3 Å². The van der Waals surface area contributed by atoms with Crippen molar-refractivity contribution < 1.29 is 4.74 Å². The van der Waals surface area contributed by atoms with Crippen molar-refractivity contribution in [2.45, 2.75) is 25.3 Å². The van der Waals surface area contributed by atoms with Crippen LogP contribution in [0.3, 0.4) is 0 Å². The number of hydrogen-bond acceptors (Lipinski definition) is 3. The maximum Gasteiger partial charge on any atom is 0.0506 e. The zero-order valence-electron chi connectivity index (χ0n) is 12.2. The number of benzene rings is 1. The molecular weight excluding hydrogens is 272 g/mol. The largest absolute Gasteiger partial charge is 0.381 e. The monoisotopic (exact) mass is 296 g/mol. The number of ether oxygens (including phenoxy) is 1. The van der Waals surface area contributed by atoms with Crippen LogP contribution in [0.5, 0.6) is 0 Å². The molecular formula is C16H25ClN2O. The molecule has 1 saturated heterocycles. The van der Waals surface area contributed by atoms with Crippen molar-refractivity contribution in [3.8, 4) is 0 Å². The second kappa shape index (κ2) is 7.99. The summed E-state index contributed by atoms with van der Waals surface area (Å²) in [5.41, 5.74) is 7.39. The van der Waals surface area contributed by atoms with Crippen LogP contribution in [-0.2, 0) is 4.74 Å². The van der Waals surface area contributed by atoms with Gasteiger partial charge in [-0.3, -0.25) is 0 Å². The molecule has 1 aromatic rings. The van der Waals surface area contributed by atoms with Crippen LogP contribution >= 0.6 is 11.6 Å². The zero-order chi connectivity index (χ0) is 14.4. The van der Waals surface area contributed by atoms with Crippen molar-refractivity contribution in [2.75, 3.05) is 33.4 Å². The minimum atomic E-state index is 0.0809. The lowest BCUT2D eigenvalue weighted by atomic mass is 10.0. The maximum atomic E-state index is 6.23. The summed E-state index contributed by atoms with van der Waals surface area (Å²) in [7, 11) is 2.17. The van der Waals surface area contributed by atoms with Crippen molar-refractivity contribution in [3.05, 3.63) is 34.9 Å². The van der Waals surface area contributed by atoms with Crippen molar-refractivity contribution >= 4 is 11.6 Å². The van der Waals surface area contributed by atoms with E-state index in [-0.39, 0.29) is 6.04 Å². The first-order valence-corrected chi connectivity index (χ1v) is 7.80. The number of nitrogens with zero attached hydrogens (tertiary/aromatic N) is 1. The van der Waals surface area contributed by atoms with Gasteiger partial charge in [0, 0.05) is 24.2 Å². The van der Waals surface area contributed by atoms with Gasteiger partial charge in [-0.05, 0) is 56.5 Å². The zero-order valence-corrected chi connectivity index (χ0v) is 13.0. The minimum Gasteiger partial charge on any atom is -0.381 e. The highest BCUT2D eigenvalue weighted by atomic mass is 35.5. The van der Waals surface area contributed by atoms with Crippen LogP contribution in [0.15, 0.2) is 24.3 Å². The second-order valence-electron chi connectivity index (χ2n) is 5.79. The van der Waals surface area contributed by atoms with E-state index < -0.39 is 0 Å². The Morgan fingerprint density at radius 2 is 2.15 bits per heavy atom. The van der Waals surface area contributed by atoms with E-state index in [1.165, 1.54) is 12.8 Å². The SMILES string of the molecule is CN(CCC(N)c1ccc(Cl)cc1)CC1CCCOC1. The minimum absolute atomic E-state index is 0.0809. The van der Waals surface area contributed by atoms with Gasteiger partial charge in [-0.25, -0.2) is 0 Å². The van der Waals surface area contributed by atoms with Crippen LogP contribution in [0.1, 0.15) is 30.9 Å². The molecule has 0 spiro atoms. The molecule has 0 aromatic heterocycles. The highest BCUT2D eigenvalue weighted by Gasteiger charge is 2.16. The summed E-state index contributed by atoms with van der Waals surface area (Å²) in [5.74, 6) is 0.681. The Morgan fingerprint density at radius 3 is 2.80 bits per heavy atom. The summed E-state index contributed by atoms with van der Waals surface area (Å²) >= 11 is 5.89. The van der Waals surface area contributed by atoms with Gasteiger partial charge in [-0.2, -0.15) is 0 Å². The lowest BCUT2D eigenvalue weighted by molar-refractivity contribution is 0.0417. The first-order valence-electron chi connectivity index (χ1n) is 7.42. The van der Waals surface area contributed by atoms with E-state index in [0.29, 0.717) is 5.92 Å². The normalized spacial score (nSPS) is 21.1. The van der Waals surface area contributed by atoms with Gasteiger partial charge in [0.2, 0.25) is 0 Å². The van der Waals surface area contributed by atoms with Gasteiger partial charge in [0.25, 0.3) is 0 Å². The second-order valence-corrected chi connectivity index (χ2v) is 6.23. The Balaban J connectivity index is 1.71. The molecule has 1 aliphatic heterocycles. The topological polar surface area (TPSA) is 38.5 Å². The molecule has 0 bridgehead atoms. The van der Waals surface area contributed by atoms with Crippen molar-refractivity contribution in [3.63, 3.8) is 0 Å². The Kier molecular flexibility index (Phi) is 6.30. The lowest BCUT2D eigenvalue weighted by Crippen LogP contribution is -2.32. The van der Waals surface area contributed by atoms with E-state index in [1.54, 1.807) is 0 Å². The van der Waals surface area contributed by atoms with Crippen LogP contribution in [0, 0.1) is 5.92 Å². The van der Waals surface area contributed by atoms with Crippen molar-refractivity contribution in [2.24, 2.45) is 11.7 Å². The number of rotatable bonds is 6. The highest BCUT2D eigenvalue weighted by Crippen LogP contribution is 2.18. The smallest absolute Gasteiger partial charge is 0.0506 e. The molecule has 2 unspecified atom stereocenters. The first-order chi connectivity index (χ1) is 9.65. The molecule has 2 rings (SSSR count). The molecule has 2 atom stereocenters. The molecule has 0 saturated carbocycles. The maximum absolute atomic E-state index is 6.23. The van der Waals surface area contributed by atoms with Crippen molar-refractivity contribution in [1.29, 1.82) is 0 Å². The van der Waals surface area contributed by atoms with Gasteiger partial charge >= 0.3 is 0 Å². The van der Waals surface area contributed by atoms with E-state index in [1.807, 2.05) is 24.3 Å². The summed E-state index contributed by atoms with van der Waals surface area (Å²) in [4.78, 5) is 2.37. The van der Waals surface area contributed by atoms with Crippen molar-refractivity contribution in [1.82, 2.24) is 4.90 Å². The van der Waals surface area contributed by atoms with Crippen LogP contribution in [0.4, 0.5) is 0 Å². The predicted octanol–water partition coefficient (Wildman–Crippen LogP) is 3.09. The third-order valence-corrected chi connectivity index (χ3v) is 4.20. The number of nitrogens with two attached hydrogens (primary N) is 1. The Morgan fingerprint density at radius 1 is 1.40 bits per heavy atom. The van der Waals surface area contributed by atoms with Crippen LogP contribution in [0.25, 0.3) is 0 Å². The molecule has 20 heavy (non-hydrogen) atoms. The molecule has 2 N–H and O–H groups in total. The molecule has 1 aliphatic rings. The van der Waals surface area contributed by atoms with E-state index in [2.05, 4.69) is 11.9 Å². The van der Waals surface area contributed by atoms with Gasteiger partial charge in [0.05, 0.1) is 6.61 Å². The molecule has 112 valence electrons. The summed E-state index contributed by atoms with van der Waals surface area (Å²) in [6, 6.07) is 7.92. The van der Waals surface area contributed by atoms with E-state index in [4.69, 9.17) is 22.1 Å². The fourth-order valence-corrected chi connectivity index (χ4v) is 2.85. The molecule has 4 heteroatoms. The quantitative estimate of drug-likeness (QED) is 0.877. The fourth-order valence-electron chi connectivity index (χ4n) is 2.72. The summed E-state index contributed by atoms with van der Waals surface area (Å²) in [5, 5.41) is 0.760. The third-order valence-electron chi connectivity index (χ3n) is 3.94. The number of hydrogen-bond donors (Lipinski definition) is 1. The van der Waals surface area contributed by atoms with Gasteiger partial charge in [0.1, 0.15) is 0 Å². The molecule has 3 nitrogen and oxygen atoms in total. The predicted molar refractivity (Wildman–Crippen MR) is 84.0 cm³/mol. The lowest BCUT2D eigenvalue weighted by Gasteiger charge is -2.27. The molecule has 1 heterocycles. The Labute approximate surface area is 127 Å². The number of halogens is 1. The van der Waals surface area contributed by atoms with E-state index in [0.717, 1.165) is 43.3 Å². The molecule has 0 radical (unpaired) electrons. The average molecular weight is 297 g/mol. The summed E-state index contributed by atoms with van der Waals surface area (Å²) in [6.07, 6.45) is 3.45. The Hall–Kier alpha value is -0.610. The van der Waals surface area contributed by atoms with E-state index >= 15 is 0 Å². The molecule has 0 aliphatic carbocycles. The van der Waals surface area contributed by atoms with Gasteiger partial charge in [-0.1, -0.05) is 23.7 Å². The standard InChI is InChI=1S/C16H25ClN2O/c1-19(11-13-3-2-10-20-12-13)9-8-16(18)14-4-6-15(17)7-5-14/h4-7,13,16H,2-3,8-12,18H2,1H3. The molecule has 1 fully saturated rings. The fraction of sp³-hybridized carbons (Fsp3) is 0.625. The highest BCUT2D eigenvalue weighted by molar-refractivity contribution is 6.30. The Bertz CT molecular complexity index is 390. The van der Waals surface area contributed by atoms with Crippen LogP contribution < -0.4 is 5.73 Å². The molecule has 1 aromatic carbocycles. The van der Waals surface area contributed by atoms with Crippen LogP contribution in [0.2, 0.25) is 5.02 Å². The van der Waals surface area contributed by atoms with Gasteiger partial charge in [0.15, 0.2) is 0 Å². The summed E-state index contributed by atoms with van der Waals surface area (Å²) in [6.45, 7) is 3.96. The summed E-state index contributed by atoms with van der Waals surface area (Å²) < 4.78 is 5.53. The average Bonchev–Trinajstić information content (AvgIpc) is 2.46. The van der Waals surface area contributed by atoms with E-state index in [9.17, 15) is 0 Å². The first kappa shape index (κ1) is 15.8. The third kappa shape index (κ3) is 5.06.